The third-order valence-corrected chi connectivity index (χ3v) is 9.04. The van der Waals surface area contributed by atoms with Gasteiger partial charge in [0.1, 0.15) is 0 Å². The zero-order valence-corrected chi connectivity index (χ0v) is 24.4. The molecule has 5 aromatic carbocycles. The lowest BCUT2D eigenvalue weighted by Gasteiger charge is -2.24. The monoisotopic (exact) mass is 565 g/mol. The number of para-hydroxylation sites is 1. The van der Waals surface area contributed by atoms with E-state index in [1.807, 2.05) is 48.7 Å². The van der Waals surface area contributed by atoms with Crippen molar-refractivity contribution in [2.24, 2.45) is 0 Å². The number of benzene rings is 5. The van der Waals surface area contributed by atoms with Crippen molar-refractivity contribution in [2.75, 3.05) is 0 Å². The number of nitrogens with zero attached hydrogens (tertiary/aromatic N) is 5. The molecule has 0 saturated carbocycles. The van der Waals surface area contributed by atoms with E-state index in [1.54, 1.807) is 0 Å². The molecular weight excluding hydrogens is 538 g/mol. The Kier molecular flexibility index (Phi) is 5.18. The minimum Gasteiger partial charge on any atom is -0.277 e. The minimum atomic E-state index is -0.318. The first-order valence-electron chi connectivity index (χ1n) is 14.9. The molecule has 0 bridgehead atoms. The third-order valence-electron chi connectivity index (χ3n) is 9.04. The van der Waals surface area contributed by atoms with Gasteiger partial charge in [-0.15, -0.1) is 0 Å². The fourth-order valence-electron chi connectivity index (χ4n) is 7.15. The summed E-state index contributed by atoms with van der Waals surface area (Å²) in [5.74, 6) is 1.89. The van der Waals surface area contributed by atoms with Crippen LogP contribution in [0.5, 0.6) is 0 Å². The van der Waals surface area contributed by atoms with Crippen molar-refractivity contribution in [3.8, 4) is 39.9 Å². The van der Waals surface area contributed by atoms with Crippen LogP contribution in [0, 0.1) is 0 Å². The van der Waals surface area contributed by atoms with Crippen LogP contribution < -0.4 is 0 Å². The van der Waals surface area contributed by atoms with Crippen molar-refractivity contribution in [1.29, 1.82) is 0 Å². The van der Waals surface area contributed by atoms with E-state index in [0.29, 0.717) is 17.6 Å². The summed E-state index contributed by atoms with van der Waals surface area (Å²) in [6.45, 7) is 4.65. The SMILES string of the molecule is CC1(C)c2c(ccc3cccnc23)-c2ccc3c4ccccc4n(-c4nc(-c5ccccc5)nc(-c5ccccc5)n4)c3c21. The lowest BCUT2D eigenvalue weighted by molar-refractivity contribution is 0.667. The summed E-state index contributed by atoms with van der Waals surface area (Å²) in [6.07, 6.45) is 1.90. The first-order valence-corrected chi connectivity index (χ1v) is 14.9. The predicted molar refractivity (Wildman–Crippen MR) is 178 cm³/mol. The number of aromatic nitrogens is 5. The zero-order valence-electron chi connectivity index (χ0n) is 24.4. The van der Waals surface area contributed by atoms with Crippen LogP contribution in [-0.4, -0.2) is 24.5 Å². The minimum absolute atomic E-state index is 0.318. The normalized spacial score (nSPS) is 13.4. The number of rotatable bonds is 3. The molecule has 0 saturated heterocycles. The molecule has 5 nitrogen and oxygen atoms in total. The quantitative estimate of drug-likeness (QED) is 0.214. The Labute approximate surface area is 254 Å². The van der Waals surface area contributed by atoms with E-state index in [0.717, 1.165) is 33.1 Å². The van der Waals surface area contributed by atoms with Gasteiger partial charge in [-0.2, -0.15) is 9.97 Å². The molecule has 0 N–H and O–H groups in total. The second-order valence-electron chi connectivity index (χ2n) is 11.9. The highest BCUT2D eigenvalue weighted by molar-refractivity contribution is 6.13. The predicted octanol–water partition coefficient (Wildman–Crippen LogP) is 9.16. The maximum absolute atomic E-state index is 5.17. The Morgan fingerprint density at radius 1 is 0.545 bits per heavy atom. The molecule has 0 fully saturated rings. The van der Waals surface area contributed by atoms with Crippen LogP contribution in [0.25, 0.3) is 72.6 Å². The third kappa shape index (κ3) is 3.47. The van der Waals surface area contributed by atoms with Crippen LogP contribution in [0.2, 0.25) is 0 Å². The molecule has 0 radical (unpaired) electrons. The zero-order chi connectivity index (χ0) is 29.4. The molecule has 1 aliphatic rings. The van der Waals surface area contributed by atoms with E-state index >= 15 is 0 Å². The van der Waals surface area contributed by atoms with Crippen molar-refractivity contribution in [1.82, 2.24) is 24.5 Å². The molecule has 0 atom stereocenters. The molecule has 0 amide bonds. The van der Waals surface area contributed by atoms with Crippen LogP contribution >= 0.6 is 0 Å². The highest BCUT2D eigenvalue weighted by atomic mass is 15.2. The van der Waals surface area contributed by atoms with Gasteiger partial charge in [-0.05, 0) is 34.4 Å². The number of pyridine rings is 1. The summed E-state index contributed by atoms with van der Waals surface area (Å²) in [5, 5.41) is 3.50. The fraction of sp³-hybridized carbons (Fsp3) is 0.0769. The van der Waals surface area contributed by atoms with Gasteiger partial charge >= 0.3 is 0 Å². The van der Waals surface area contributed by atoms with Gasteiger partial charge in [-0.3, -0.25) is 9.55 Å². The molecule has 44 heavy (non-hydrogen) atoms. The van der Waals surface area contributed by atoms with Crippen LogP contribution in [0.15, 0.2) is 128 Å². The Morgan fingerprint density at radius 2 is 1.18 bits per heavy atom. The summed E-state index contributed by atoms with van der Waals surface area (Å²) in [5.41, 5.74) is 9.82. The molecule has 0 unspecified atom stereocenters. The van der Waals surface area contributed by atoms with Crippen molar-refractivity contribution in [3.63, 3.8) is 0 Å². The Balaban J connectivity index is 1.41. The molecule has 0 aliphatic heterocycles. The first-order chi connectivity index (χ1) is 21.6. The summed E-state index contributed by atoms with van der Waals surface area (Å²) in [4.78, 5) is 20.2. The van der Waals surface area contributed by atoms with Gasteiger partial charge in [0.2, 0.25) is 5.95 Å². The highest BCUT2D eigenvalue weighted by Crippen LogP contribution is 2.54. The van der Waals surface area contributed by atoms with Crippen LogP contribution in [0.1, 0.15) is 25.0 Å². The maximum Gasteiger partial charge on any atom is 0.238 e. The average molecular weight is 566 g/mol. The van der Waals surface area contributed by atoms with Gasteiger partial charge < -0.3 is 0 Å². The van der Waals surface area contributed by atoms with Gasteiger partial charge in [0.25, 0.3) is 0 Å². The van der Waals surface area contributed by atoms with E-state index < -0.39 is 0 Å². The van der Waals surface area contributed by atoms with Gasteiger partial charge in [0.05, 0.1) is 16.6 Å². The first kappa shape index (κ1) is 24.9. The molecule has 3 heterocycles. The standard InChI is InChI=1S/C39H27N5/c1-39(2)32-28(20-19-24-16-11-23-40-34(24)32)29-21-22-30-27-17-9-10-18-31(27)44(35(30)33(29)39)38-42-36(25-12-5-3-6-13-25)41-37(43-38)26-14-7-4-8-15-26/h3-23H,1-2H3. The molecular formula is C39H27N5. The molecule has 208 valence electrons. The Morgan fingerprint density at radius 3 is 1.91 bits per heavy atom. The number of hydrogen-bond acceptors (Lipinski definition) is 4. The molecule has 1 aliphatic carbocycles. The molecule has 0 spiro atoms. The van der Waals surface area contributed by atoms with Gasteiger partial charge in [-0.25, -0.2) is 4.98 Å². The van der Waals surface area contributed by atoms with Crippen molar-refractivity contribution in [2.45, 2.75) is 19.3 Å². The van der Waals surface area contributed by atoms with Gasteiger partial charge in [0, 0.05) is 38.9 Å². The summed E-state index contributed by atoms with van der Waals surface area (Å²) in [7, 11) is 0. The fourth-order valence-corrected chi connectivity index (χ4v) is 7.15. The molecule has 8 aromatic rings. The van der Waals surface area contributed by atoms with Crippen molar-refractivity contribution < 1.29 is 0 Å². The summed E-state index contributed by atoms with van der Waals surface area (Å²) >= 11 is 0. The van der Waals surface area contributed by atoms with Gasteiger partial charge in [0.15, 0.2) is 11.6 Å². The smallest absolute Gasteiger partial charge is 0.238 e. The highest BCUT2D eigenvalue weighted by Gasteiger charge is 2.40. The van der Waals surface area contributed by atoms with E-state index in [1.165, 1.54) is 33.0 Å². The molecule has 3 aromatic heterocycles. The van der Waals surface area contributed by atoms with E-state index in [-0.39, 0.29) is 5.41 Å². The average Bonchev–Trinajstić information content (AvgIpc) is 3.54. The van der Waals surface area contributed by atoms with Crippen molar-refractivity contribution in [3.05, 3.63) is 139 Å². The van der Waals surface area contributed by atoms with E-state index in [2.05, 4.69) is 97.3 Å². The molecule has 5 heteroatoms. The largest absolute Gasteiger partial charge is 0.277 e. The number of fused-ring (bicyclic) bond motifs is 9. The molecule has 9 rings (SSSR count). The van der Waals surface area contributed by atoms with E-state index in [4.69, 9.17) is 19.9 Å². The van der Waals surface area contributed by atoms with E-state index in [9.17, 15) is 0 Å². The van der Waals surface area contributed by atoms with Crippen molar-refractivity contribution >= 4 is 32.7 Å². The Hall–Kier alpha value is -5.68. The van der Waals surface area contributed by atoms with Crippen LogP contribution in [-0.2, 0) is 5.41 Å². The summed E-state index contributed by atoms with van der Waals surface area (Å²) in [6, 6.07) is 42.0. The second-order valence-corrected chi connectivity index (χ2v) is 11.9. The van der Waals surface area contributed by atoms with Gasteiger partial charge in [-0.1, -0.05) is 123 Å². The topological polar surface area (TPSA) is 56.5 Å². The number of hydrogen-bond donors (Lipinski definition) is 0. The second kappa shape index (κ2) is 9.16. The maximum atomic E-state index is 5.17. The summed E-state index contributed by atoms with van der Waals surface area (Å²) < 4.78 is 2.26. The lowest BCUT2D eigenvalue weighted by atomic mass is 9.80. The Bertz CT molecular complexity index is 2350. The van der Waals surface area contributed by atoms with Crippen LogP contribution in [0.3, 0.4) is 0 Å². The lowest BCUT2D eigenvalue weighted by Crippen LogP contribution is -2.18. The van der Waals surface area contributed by atoms with Crippen LogP contribution in [0.4, 0.5) is 0 Å².